The van der Waals surface area contributed by atoms with E-state index in [4.69, 9.17) is 0 Å². The molecule has 0 saturated heterocycles. The lowest BCUT2D eigenvalue weighted by Crippen LogP contribution is -2.39. The molecule has 2 unspecified atom stereocenters. The SMILES string of the molecule is CCC1CCCC(C)(C)C1O. The molecule has 1 nitrogen and oxygen atoms in total. The van der Waals surface area contributed by atoms with Crippen molar-refractivity contribution in [3.63, 3.8) is 0 Å². The molecule has 2 atom stereocenters. The number of aliphatic hydroxyl groups excluding tert-OH is 1. The van der Waals surface area contributed by atoms with E-state index in [1.165, 1.54) is 19.3 Å². The lowest BCUT2D eigenvalue weighted by molar-refractivity contribution is -0.0332. The van der Waals surface area contributed by atoms with Crippen LogP contribution in [0.3, 0.4) is 0 Å². The third-order valence-corrected chi connectivity index (χ3v) is 3.17. The molecule has 0 heterocycles. The lowest BCUT2D eigenvalue weighted by atomic mass is 9.69. The Balaban J connectivity index is 2.60. The first-order valence-electron chi connectivity index (χ1n) is 4.76. The minimum atomic E-state index is -0.0683. The normalized spacial score (nSPS) is 37.1. The minimum Gasteiger partial charge on any atom is -0.392 e. The average molecular weight is 156 g/mol. The van der Waals surface area contributed by atoms with Crippen LogP contribution < -0.4 is 0 Å². The average Bonchev–Trinajstić information content (AvgIpc) is 1.95. The van der Waals surface area contributed by atoms with Gasteiger partial charge in [0.05, 0.1) is 6.10 Å². The fourth-order valence-corrected chi connectivity index (χ4v) is 2.19. The maximum absolute atomic E-state index is 9.90. The van der Waals surface area contributed by atoms with Gasteiger partial charge in [0.1, 0.15) is 0 Å². The van der Waals surface area contributed by atoms with E-state index in [2.05, 4.69) is 20.8 Å². The van der Waals surface area contributed by atoms with E-state index in [0.717, 1.165) is 6.42 Å². The molecule has 0 amide bonds. The maximum atomic E-state index is 9.90. The predicted molar refractivity (Wildman–Crippen MR) is 47.4 cm³/mol. The Bertz CT molecular complexity index is 129. The van der Waals surface area contributed by atoms with Crippen LogP contribution in [0.5, 0.6) is 0 Å². The summed E-state index contributed by atoms with van der Waals surface area (Å²) < 4.78 is 0. The molecule has 1 rings (SSSR count). The van der Waals surface area contributed by atoms with Crippen LogP contribution in [0.1, 0.15) is 46.5 Å². The molecule has 1 heteroatoms. The molecule has 11 heavy (non-hydrogen) atoms. The minimum absolute atomic E-state index is 0.0683. The molecular formula is C10H20O. The van der Waals surface area contributed by atoms with Crippen LogP contribution in [-0.4, -0.2) is 11.2 Å². The Kier molecular flexibility index (Phi) is 2.58. The molecule has 1 N–H and O–H groups in total. The molecular weight excluding hydrogens is 136 g/mol. The first kappa shape index (κ1) is 9.05. The molecule has 0 aromatic heterocycles. The van der Waals surface area contributed by atoms with Crippen molar-refractivity contribution in [2.45, 2.75) is 52.6 Å². The first-order valence-corrected chi connectivity index (χ1v) is 4.76. The summed E-state index contributed by atoms with van der Waals surface area (Å²) in [5.74, 6) is 0.554. The van der Waals surface area contributed by atoms with E-state index in [0.29, 0.717) is 5.92 Å². The molecule has 0 aromatic carbocycles. The topological polar surface area (TPSA) is 20.2 Å². The van der Waals surface area contributed by atoms with Crippen molar-refractivity contribution in [3.8, 4) is 0 Å². The summed E-state index contributed by atoms with van der Waals surface area (Å²) in [6, 6.07) is 0. The highest BCUT2D eigenvalue weighted by atomic mass is 16.3. The third kappa shape index (κ3) is 1.76. The Hall–Kier alpha value is -0.0400. The van der Waals surface area contributed by atoms with Crippen LogP contribution in [-0.2, 0) is 0 Å². The summed E-state index contributed by atoms with van der Waals surface area (Å²) in [5.41, 5.74) is 0.166. The Morgan fingerprint density at radius 1 is 1.45 bits per heavy atom. The van der Waals surface area contributed by atoms with E-state index in [-0.39, 0.29) is 11.5 Å². The zero-order valence-corrected chi connectivity index (χ0v) is 7.93. The molecule has 1 aliphatic carbocycles. The standard InChI is InChI=1S/C10H20O/c1-4-8-6-5-7-10(2,3)9(8)11/h8-9,11H,4-7H2,1-3H3. The van der Waals surface area contributed by atoms with Crippen LogP contribution in [0.25, 0.3) is 0 Å². The second kappa shape index (κ2) is 3.14. The molecule has 0 radical (unpaired) electrons. The van der Waals surface area contributed by atoms with E-state index >= 15 is 0 Å². The highest BCUT2D eigenvalue weighted by Gasteiger charge is 2.36. The van der Waals surface area contributed by atoms with E-state index in [9.17, 15) is 5.11 Å². The van der Waals surface area contributed by atoms with Gasteiger partial charge < -0.3 is 5.11 Å². The van der Waals surface area contributed by atoms with Crippen molar-refractivity contribution in [2.24, 2.45) is 11.3 Å². The number of rotatable bonds is 1. The quantitative estimate of drug-likeness (QED) is 0.618. The van der Waals surface area contributed by atoms with E-state index in [1.54, 1.807) is 0 Å². The molecule has 1 fully saturated rings. The predicted octanol–water partition coefficient (Wildman–Crippen LogP) is 2.58. The van der Waals surface area contributed by atoms with Gasteiger partial charge in [-0.1, -0.05) is 33.6 Å². The van der Waals surface area contributed by atoms with Crippen LogP contribution in [0, 0.1) is 11.3 Å². The highest BCUT2D eigenvalue weighted by Crippen LogP contribution is 2.39. The highest BCUT2D eigenvalue weighted by molar-refractivity contribution is 4.87. The van der Waals surface area contributed by atoms with Crippen molar-refractivity contribution in [3.05, 3.63) is 0 Å². The molecule has 1 saturated carbocycles. The fraction of sp³-hybridized carbons (Fsp3) is 1.00. The van der Waals surface area contributed by atoms with E-state index in [1.807, 2.05) is 0 Å². The Labute approximate surface area is 69.8 Å². The second-order valence-corrected chi connectivity index (χ2v) is 4.49. The Morgan fingerprint density at radius 3 is 2.55 bits per heavy atom. The van der Waals surface area contributed by atoms with Crippen LogP contribution in [0.4, 0.5) is 0 Å². The van der Waals surface area contributed by atoms with Gasteiger partial charge in [0, 0.05) is 0 Å². The summed E-state index contributed by atoms with van der Waals surface area (Å²) in [6.45, 7) is 6.54. The summed E-state index contributed by atoms with van der Waals surface area (Å²) in [6.07, 6.45) is 4.76. The van der Waals surface area contributed by atoms with Crippen molar-refractivity contribution in [1.82, 2.24) is 0 Å². The van der Waals surface area contributed by atoms with Gasteiger partial charge in [-0.25, -0.2) is 0 Å². The molecule has 0 spiro atoms. The molecule has 0 aliphatic heterocycles. The third-order valence-electron chi connectivity index (χ3n) is 3.17. The van der Waals surface area contributed by atoms with Crippen molar-refractivity contribution in [1.29, 1.82) is 0 Å². The van der Waals surface area contributed by atoms with Gasteiger partial charge >= 0.3 is 0 Å². The molecule has 0 bridgehead atoms. The van der Waals surface area contributed by atoms with Gasteiger partial charge in [-0.3, -0.25) is 0 Å². The summed E-state index contributed by atoms with van der Waals surface area (Å²) in [4.78, 5) is 0. The van der Waals surface area contributed by atoms with Gasteiger partial charge in [-0.15, -0.1) is 0 Å². The van der Waals surface area contributed by atoms with Gasteiger partial charge in [0.25, 0.3) is 0 Å². The zero-order chi connectivity index (χ0) is 8.48. The molecule has 0 aromatic rings. The fourth-order valence-electron chi connectivity index (χ4n) is 2.19. The second-order valence-electron chi connectivity index (χ2n) is 4.49. The van der Waals surface area contributed by atoms with Crippen molar-refractivity contribution >= 4 is 0 Å². The number of aliphatic hydroxyl groups is 1. The lowest BCUT2D eigenvalue weighted by Gasteiger charge is -2.40. The van der Waals surface area contributed by atoms with Crippen molar-refractivity contribution < 1.29 is 5.11 Å². The molecule has 66 valence electrons. The van der Waals surface area contributed by atoms with Gasteiger partial charge in [0.2, 0.25) is 0 Å². The van der Waals surface area contributed by atoms with E-state index < -0.39 is 0 Å². The van der Waals surface area contributed by atoms with Crippen LogP contribution in [0.2, 0.25) is 0 Å². The monoisotopic (exact) mass is 156 g/mol. The Morgan fingerprint density at radius 2 is 2.09 bits per heavy atom. The van der Waals surface area contributed by atoms with Crippen LogP contribution >= 0.6 is 0 Å². The first-order chi connectivity index (χ1) is 5.08. The van der Waals surface area contributed by atoms with Gasteiger partial charge in [-0.2, -0.15) is 0 Å². The number of hydrogen-bond acceptors (Lipinski definition) is 1. The number of hydrogen-bond donors (Lipinski definition) is 1. The van der Waals surface area contributed by atoms with Gasteiger partial charge in [0.15, 0.2) is 0 Å². The van der Waals surface area contributed by atoms with Crippen molar-refractivity contribution in [2.75, 3.05) is 0 Å². The zero-order valence-electron chi connectivity index (χ0n) is 7.93. The smallest absolute Gasteiger partial charge is 0.0619 e. The molecule has 1 aliphatic rings. The summed E-state index contributed by atoms with van der Waals surface area (Å²) in [5, 5.41) is 9.90. The maximum Gasteiger partial charge on any atom is 0.0619 e. The van der Waals surface area contributed by atoms with Crippen LogP contribution in [0.15, 0.2) is 0 Å². The summed E-state index contributed by atoms with van der Waals surface area (Å²) in [7, 11) is 0. The largest absolute Gasteiger partial charge is 0.392 e. The van der Waals surface area contributed by atoms with Gasteiger partial charge in [-0.05, 0) is 24.2 Å². The summed E-state index contributed by atoms with van der Waals surface area (Å²) >= 11 is 0.